The van der Waals surface area contributed by atoms with Gasteiger partial charge in [0.2, 0.25) is 0 Å². The lowest BCUT2D eigenvalue weighted by molar-refractivity contribution is -0.384. The van der Waals surface area contributed by atoms with Crippen molar-refractivity contribution in [2.24, 2.45) is 0 Å². The third kappa shape index (κ3) is 4.39. The van der Waals surface area contributed by atoms with Crippen molar-refractivity contribution in [2.75, 3.05) is 11.9 Å². The molecule has 0 atom stereocenters. The molecule has 0 radical (unpaired) electrons. The Morgan fingerprint density at radius 1 is 1.29 bits per heavy atom. The molecule has 1 aromatic carbocycles. The summed E-state index contributed by atoms with van der Waals surface area (Å²) in [6, 6.07) is 8.20. The van der Waals surface area contributed by atoms with Gasteiger partial charge in [-0.1, -0.05) is 30.7 Å². The minimum absolute atomic E-state index is 0.0990. The van der Waals surface area contributed by atoms with E-state index >= 15 is 0 Å². The molecule has 2 rings (SSSR count). The third-order valence-electron chi connectivity index (χ3n) is 2.92. The average molecular weight is 307 g/mol. The minimum Gasteiger partial charge on any atom is -0.370 e. The van der Waals surface area contributed by atoms with Crippen LogP contribution >= 0.6 is 11.6 Å². The van der Waals surface area contributed by atoms with E-state index in [2.05, 4.69) is 15.3 Å². The van der Waals surface area contributed by atoms with Crippen molar-refractivity contribution in [2.45, 2.75) is 19.8 Å². The zero-order valence-electron chi connectivity index (χ0n) is 11.5. The van der Waals surface area contributed by atoms with Gasteiger partial charge in [0, 0.05) is 31.2 Å². The predicted molar refractivity (Wildman–Crippen MR) is 81.7 cm³/mol. The lowest BCUT2D eigenvalue weighted by atomic mass is 10.1. The second-order valence-electron chi connectivity index (χ2n) is 4.45. The maximum Gasteiger partial charge on any atom is 0.269 e. The van der Waals surface area contributed by atoms with E-state index in [4.69, 9.17) is 11.6 Å². The van der Waals surface area contributed by atoms with Gasteiger partial charge in [-0.15, -0.1) is 0 Å². The van der Waals surface area contributed by atoms with E-state index in [1.807, 2.05) is 6.92 Å². The third-order valence-corrected chi connectivity index (χ3v) is 3.12. The highest BCUT2D eigenvalue weighted by atomic mass is 35.5. The highest BCUT2D eigenvalue weighted by molar-refractivity contribution is 6.29. The highest BCUT2D eigenvalue weighted by Gasteiger charge is 2.04. The summed E-state index contributed by atoms with van der Waals surface area (Å²) in [7, 11) is 0. The standard InChI is InChI=1S/C14H15ClN4O2/c1-2-13-17-12(15)9-14(18-13)16-8-7-10-3-5-11(6-4-10)19(20)21/h3-6,9H,2,7-8H2,1H3,(H,16,17,18). The zero-order chi connectivity index (χ0) is 15.2. The number of rotatable bonds is 6. The number of nitro groups is 1. The first-order chi connectivity index (χ1) is 10.1. The topological polar surface area (TPSA) is 81.0 Å². The van der Waals surface area contributed by atoms with E-state index in [0.29, 0.717) is 23.3 Å². The molecule has 0 fully saturated rings. The molecule has 1 aromatic heterocycles. The van der Waals surface area contributed by atoms with E-state index in [9.17, 15) is 10.1 Å². The van der Waals surface area contributed by atoms with Gasteiger partial charge in [-0.25, -0.2) is 9.97 Å². The second kappa shape index (κ2) is 6.99. The van der Waals surface area contributed by atoms with Gasteiger partial charge in [0.25, 0.3) is 5.69 Å². The zero-order valence-corrected chi connectivity index (χ0v) is 12.3. The lowest BCUT2D eigenvalue weighted by Crippen LogP contribution is -2.08. The lowest BCUT2D eigenvalue weighted by Gasteiger charge is -2.07. The van der Waals surface area contributed by atoms with Crippen LogP contribution in [0.3, 0.4) is 0 Å². The normalized spacial score (nSPS) is 10.4. The Balaban J connectivity index is 1.92. The first-order valence-electron chi connectivity index (χ1n) is 6.59. The number of nitrogens with zero attached hydrogens (tertiary/aromatic N) is 3. The van der Waals surface area contributed by atoms with Crippen LogP contribution in [0.25, 0.3) is 0 Å². The first kappa shape index (κ1) is 15.2. The first-order valence-corrected chi connectivity index (χ1v) is 6.97. The predicted octanol–water partition coefficient (Wildman–Crippen LogP) is 3.26. The van der Waals surface area contributed by atoms with Gasteiger partial charge in [-0.3, -0.25) is 10.1 Å². The molecule has 7 heteroatoms. The molecule has 0 aliphatic rings. The van der Waals surface area contributed by atoms with Crippen LogP contribution in [0, 0.1) is 10.1 Å². The van der Waals surface area contributed by atoms with Crippen LogP contribution < -0.4 is 5.32 Å². The van der Waals surface area contributed by atoms with Crippen molar-refractivity contribution in [3.05, 3.63) is 57.0 Å². The van der Waals surface area contributed by atoms with E-state index in [1.165, 1.54) is 12.1 Å². The van der Waals surface area contributed by atoms with Crippen molar-refractivity contribution < 1.29 is 4.92 Å². The minimum atomic E-state index is -0.406. The summed E-state index contributed by atoms with van der Waals surface area (Å²) in [6.07, 6.45) is 1.46. The van der Waals surface area contributed by atoms with E-state index < -0.39 is 4.92 Å². The average Bonchev–Trinajstić information content (AvgIpc) is 2.47. The number of aromatic nitrogens is 2. The van der Waals surface area contributed by atoms with Crippen molar-refractivity contribution >= 4 is 23.1 Å². The number of anilines is 1. The Morgan fingerprint density at radius 2 is 2.00 bits per heavy atom. The Hall–Kier alpha value is -2.21. The molecular weight excluding hydrogens is 292 g/mol. The number of halogens is 1. The largest absolute Gasteiger partial charge is 0.370 e. The van der Waals surface area contributed by atoms with Crippen LogP contribution in [0.1, 0.15) is 18.3 Å². The van der Waals surface area contributed by atoms with Crippen molar-refractivity contribution in [1.29, 1.82) is 0 Å². The van der Waals surface area contributed by atoms with Gasteiger partial charge in [0.1, 0.15) is 16.8 Å². The van der Waals surface area contributed by atoms with Gasteiger partial charge in [0.15, 0.2) is 0 Å². The van der Waals surface area contributed by atoms with Gasteiger partial charge < -0.3 is 5.32 Å². The molecule has 0 unspecified atom stereocenters. The van der Waals surface area contributed by atoms with Crippen LogP contribution in [-0.2, 0) is 12.8 Å². The van der Waals surface area contributed by atoms with Gasteiger partial charge in [-0.05, 0) is 12.0 Å². The number of non-ortho nitro benzene ring substituents is 1. The SMILES string of the molecule is CCc1nc(Cl)cc(NCCc2ccc([N+](=O)[O-])cc2)n1. The molecular formula is C14H15ClN4O2. The number of benzene rings is 1. The van der Waals surface area contributed by atoms with Crippen molar-refractivity contribution in [3.63, 3.8) is 0 Å². The van der Waals surface area contributed by atoms with E-state index in [-0.39, 0.29) is 5.69 Å². The van der Waals surface area contributed by atoms with Crippen LogP contribution in [-0.4, -0.2) is 21.4 Å². The number of aryl methyl sites for hydroxylation is 1. The Kier molecular flexibility index (Phi) is 5.05. The summed E-state index contributed by atoms with van der Waals surface area (Å²) in [5.74, 6) is 1.38. The maximum absolute atomic E-state index is 10.6. The maximum atomic E-state index is 10.6. The van der Waals surface area contributed by atoms with Crippen LogP contribution in [0.2, 0.25) is 5.15 Å². The molecule has 0 spiro atoms. The Bertz CT molecular complexity index is 631. The van der Waals surface area contributed by atoms with E-state index in [1.54, 1.807) is 18.2 Å². The summed E-state index contributed by atoms with van der Waals surface area (Å²) in [6.45, 7) is 2.63. The molecule has 0 amide bonds. The molecule has 1 heterocycles. The van der Waals surface area contributed by atoms with Crippen LogP contribution in [0.15, 0.2) is 30.3 Å². The monoisotopic (exact) mass is 306 g/mol. The number of hydrogen-bond donors (Lipinski definition) is 1. The summed E-state index contributed by atoms with van der Waals surface area (Å²) >= 11 is 5.92. The molecule has 2 aromatic rings. The summed E-state index contributed by atoms with van der Waals surface area (Å²) in [4.78, 5) is 18.6. The van der Waals surface area contributed by atoms with Gasteiger partial charge in [0.05, 0.1) is 4.92 Å². The molecule has 0 bridgehead atoms. The summed E-state index contributed by atoms with van der Waals surface area (Å²) < 4.78 is 0. The molecule has 6 nitrogen and oxygen atoms in total. The number of hydrogen-bond acceptors (Lipinski definition) is 5. The highest BCUT2D eigenvalue weighted by Crippen LogP contribution is 2.14. The molecule has 1 N–H and O–H groups in total. The molecule has 0 saturated carbocycles. The van der Waals surface area contributed by atoms with Gasteiger partial charge >= 0.3 is 0 Å². The van der Waals surface area contributed by atoms with Crippen LogP contribution in [0.4, 0.5) is 11.5 Å². The van der Waals surface area contributed by atoms with E-state index in [0.717, 1.165) is 18.4 Å². The fourth-order valence-corrected chi connectivity index (χ4v) is 2.03. The second-order valence-corrected chi connectivity index (χ2v) is 4.83. The molecule has 0 aliphatic carbocycles. The fourth-order valence-electron chi connectivity index (χ4n) is 1.83. The number of nitro benzene ring substituents is 1. The van der Waals surface area contributed by atoms with Crippen molar-refractivity contribution in [1.82, 2.24) is 9.97 Å². The molecule has 0 aliphatic heterocycles. The number of nitrogens with one attached hydrogen (secondary N) is 1. The quantitative estimate of drug-likeness (QED) is 0.503. The summed E-state index contributed by atoms with van der Waals surface area (Å²) in [5.41, 5.74) is 1.12. The van der Waals surface area contributed by atoms with Crippen molar-refractivity contribution in [3.8, 4) is 0 Å². The van der Waals surface area contributed by atoms with Gasteiger partial charge in [-0.2, -0.15) is 0 Å². The fraction of sp³-hybridized carbons (Fsp3) is 0.286. The molecule has 110 valence electrons. The smallest absolute Gasteiger partial charge is 0.269 e. The summed E-state index contributed by atoms with van der Waals surface area (Å²) in [5, 5.41) is 14.2. The Morgan fingerprint density at radius 3 is 2.62 bits per heavy atom. The Labute approximate surface area is 127 Å². The van der Waals surface area contributed by atoms with Crippen LogP contribution in [0.5, 0.6) is 0 Å². The molecule has 21 heavy (non-hydrogen) atoms. The molecule has 0 saturated heterocycles.